The molecule has 0 saturated carbocycles. The summed E-state index contributed by atoms with van der Waals surface area (Å²) >= 11 is 0. The Morgan fingerprint density at radius 1 is 0.294 bits per heavy atom. The van der Waals surface area contributed by atoms with E-state index >= 15 is 0 Å². The second kappa shape index (κ2) is 22.8. The molecule has 0 unspecified atom stereocenters. The molecule has 8 bridgehead atoms. The van der Waals surface area contributed by atoms with Crippen molar-refractivity contribution in [2.45, 2.75) is 103 Å². The van der Waals surface area contributed by atoms with Crippen molar-refractivity contribution < 1.29 is 38.1 Å². The van der Waals surface area contributed by atoms with Crippen LogP contribution in [0.4, 0.5) is 0 Å². The van der Waals surface area contributed by atoms with Crippen molar-refractivity contribution in [1.29, 1.82) is 0 Å². The molecule has 68 heavy (non-hydrogen) atoms. The zero-order valence-corrected chi connectivity index (χ0v) is 39.8. The van der Waals surface area contributed by atoms with Crippen molar-refractivity contribution in [3.63, 3.8) is 0 Å². The highest BCUT2D eigenvalue weighted by Crippen LogP contribution is 2.39. The summed E-state index contributed by atoms with van der Waals surface area (Å²) < 4.78 is 26.8. The second-order valence-corrected chi connectivity index (χ2v) is 19.2. The quantitative estimate of drug-likeness (QED) is 0.124. The lowest BCUT2D eigenvalue weighted by Gasteiger charge is -2.28. The number of hydrogen-bond donors (Lipinski definition) is 0. The highest BCUT2D eigenvalue weighted by Gasteiger charge is 2.27. The Labute approximate surface area is 401 Å². The third-order valence-corrected chi connectivity index (χ3v) is 14.4. The number of ether oxygens (including phenoxy) is 4. The molecule has 0 N–H and O–H groups in total. The predicted molar refractivity (Wildman–Crippen MR) is 261 cm³/mol. The number of piperidine rings is 4. The lowest BCUT2D eigenvalue weighted by Crippen LogP contribution is -2.38. The number of carbonyl (C=O) groups excluding carboxylic acids is 4. The van der Waals surface area contributed by atoms with Crippen LogP contribution in [0.25, 0.3) is 0 Å². The number of nitrogens with zero attached hydrogens (tertiary/aromatic N) is 4. The molecule has 4 amide bonds. The van der Waals surface area contributed by atoms with Gasteiger partial charge in [0.25, 0.3) is 23.6 Å². The monoisotopic (exact) mass is 925 g/mol. The molecule has 12 nitrogen and oxygen atoms in total. The summed E-state index contributed by atoms with van der Waals surface area (Å²) in [5.41, 5.74) is 7.05. The molecule has 5 aliphatic rings. The average Bonchev–Trinajstić information content (AvgIpc) is 3.38. The van der Waals surface area contributed by atoms with Crippen molar-refractivity contribution in [2.24, 2.45) is 0 Å². The summed E-state index contributed by atoms with van der Waals surface area (Å²) in [5.74, 6) is 2.39. The molecular formula is C56H68N4O8. The first kappa shape index (κ1) is 47.0. The van der Waals surface area contributed by atoms with E-state index in [9.17, 15) is 19.2 Å². The fourth-order valence-electron chi connectivity index (χ4n) is 10.7. The second-order valence-electron chi connectivity index (χ2n) is 19.2. The summed E-state index contributed by atoms with van der Waals surface area (Å²) in [7, 11) is 0. The van der Waals surface area contributed by atoms with Gasteiger partial charge in [0.1, 0.15) is 23.0 Å². The molecule has 0 spiro atoms. The largest absolute Gasteiger partial charge is 0.483 e. The van der Waals surface area contributed by atoms with Crippen LogP contribution in [-0.2, 0) is 44.9 Å². The van der Waals surface area contributed by atoms with Crippen LogP contribution in [0.2, 0.25) is 0 Å². The molecule has 4 aromatic rings. The fraction of sp³-hybridized carbons (Fsp3) is 0.500. The van der Waals surface area contributed by atoms with Gasteiger partial charge in [0.05, 0.1) is 0 Å². The Bertz CT molecular complexity index is 2000. The molecule has 0 radical (unpaired) electrons. The number of rotatable bonds is 12. The molecule has 360 valence electrons. The van der Waals surface area contributed by atoms with Gasteiger partial charge < -0.3 is 38.5 Å². The van der Waals surface area contributed by atoms with Crippen LogP contribution in [0.1, 0.15) is 122 Å². The Morgan fingerprint density at radius 2 is 0.471 bits per heavy atom. The number of carbonyl (C=O) groups is 4. The molecule has 4 aliphatic heterocycles. The van der Waals surface area contributed by atoms with E-state index in [4.69, 9.17) is 18.9 Å². The number of para-hydroxylation sites is 4. The first-order chi connectivity index (χ1) is 33.4. The maximum Gasteiger partial charge on any atom is 0.260 e. The topological polar surface area (TPSA) is 118 Å². The van der Waals surface area contributed by atoms with E-state index in [1.807, 2.05) is 92.4 Å². The highest BCUT2D eigenvalue weighted by atomic mass is 16.5. The molecule has 0 atom stereocenters. The standard InChI is InChI=1S/C56H68N4O8/c61-49(57-25-5-1-6-26-57)37-65-53-41-17-13-18-42(53)34-44-20-15-22-46(55(44)67-39-51(63)59-29-9-3-10-30-59)36-48-24-16-23-47(56(48)68-40-52(64)60-31-11-4-12-32-60)35-45-21-14-19-43(33-41)54(45)66-38-50(62)58-27-7-2-8-28-58/h13-24H,1-12,25-40H2. The Morgan fingerprint density at radius 3 is 0.647 bits per heavy atom. The normalized spacial score (nSPS) is 17.5. The van der Waals surface area contributed by atoms with E-state index in [-0.39, 0.29) is 50.1 Å². The maximum atomic E-state index is 13.7. The number of hydrogen-bond acceptors (Lipinski definition) is 8. The molecular weight excluding hydrogens is 857 g/mol. The van der Waals surface area contributed by atoms with Crippen LogP contribution < -0.4 is 18.9 Å². The number of likely N-dealkylation sites (tertiary alicyclic amines) is 4. The van der Waals surface area contributed by atoms with Gasteiger partial charge in [-0.2, -0.15) is 0 Å². The van der Waals surface area contributed by atoms with Gasteiger partial charge in [-0.1, -0.05) is 72.8 Å². The summed E-state index contributed by atoms with van der Waals surface area (Å²) in [6.07, 6.45) is 14.0. The van der Waals surface area contributed by atoms with E-state index in [2.05, 4.69) is 0 Å². The zero-order chi connectivity index (χ0) is 46.7. The minimum Gasteiger partial charge on any atom is -0.483 e. The minimum absolute atomic E-state index is 0.0334. The first-order valence-electron chi connectivity index (χ1n) is 25.4. The number of benzene rings is 4. The zero-order valence-electron chi connectivity index (χ0n) is 39.8. The van der Waals surface area contributed by atoms with E-state index in [0.29, 0.717) is 48.7 Å². The van der Waals surface area contributed by atoms with Gasteiger partial charge in [-0.05, 0) is 122 Å². The molecule has 9 rings (SSSR count). The number of amides is 4. The van der Waals surface area contributed by atoms with Gasteiger partial charge >= 0.3 is 0 Å². The van der Waals surface area contributed by atoms with Crippen LogP contribution in [0, 0.1) is 0 Å². The Kier molecular flexibility index (Phi) is 15.8. The fourth-order valence-corrected chi connectivity index (χ4v) is 10.7. The Hall–Kier alpha value is -6.04. The van der Waals surface area contributed by atoms with Crippen molar-refractivity contribution in [3.05, 3.63) is 117 Å². The van der Waals surface area contributed by atoms with Crippen LogP contribution >= 0.6 is 0 Å². The van der Waals surface area contributed by atoms with Crippen LogP contribution in [-0.4, -0.2) is 122 Å². The smallest absolute Gasteiger partial charge is 0.260 e. The highest BCUT2D eigenvalue weighted by molar-refractivity contribution is 5.80. The Balaban J connectivity index is 1.13. The summed E-state index contributed by atoms with van der Waals surface area (Å²) in [6, 6.07) is 24.5. The molecule has 4 heterocycles. The van der Waals surface area contributed by atoms with Gasteiger partial charge in [-0.3, -0.25) is 19.2 Å². The molecule has 1 aliphatic carbocycles. The first-order valence-corrected chi connectivity index (χ1v) is 25.4. The van der Waals surface area contributed by atoms with Gasteiger partial charge in [0.15, 0.2) is 26.4 Å². The summed E-state index contributed by atoms with van der Waals surface area (Å²) in [5, 5.41) is 0. The lowest BCUT2D eigenvalue weighted by molar-refractivity contribution is -0.135. The van der Waals surface area contributed by atoms with Crippen molar-refractivity contribution >= 4 is 23.6 Å². The van der Waals surface area contributed by atoms with Crippen molar-refractivity contribution in [1.82, 2.24) is 19.6 Å². The van der Waals surface area contributed by atoms with Gasteiger partial charge in [0.2, 0.25) is 0 Å². The van der Waals surface area contributed by atoms with Crippen LogP contribution in [0.5, 0.6) is 23.0 Å². The lowest BCUT2D eigenvalue weighted by atomic mass is 9.91. The molecule has 12 heteroatoms. The van der Waals surface area contributed by atoms with Crippen molar-refractivity contribution in [2.75, 3.05) is 78.8 Å². The summed E-state index contributed by atoms with van der Waals surface area (Å²) in [6.45, 7) is 5.46. The molecule has 4 fully saturated rings. The molecule has 0 aromatic heterocycles. The van der Waals surface area contributed by atoms with Crippen LogP contribution in [0.3, 0.4) is 0 Å². The van der Waals surface area contributed by atoms with Gasteiger partial charge in [0, 0.05) is 78.0 Å². The SMILES string of the molecule is O=C(COc1c2cccc1Cc1cccc(c1OCC(=O)N1CCCCC1)Cc1cccc(c1OCC(=O)N1CCCCC1)Cc1cccc(c1OCC(=O)N1CCCCC1)C2)N1CCCCC1. The van der Waals surface area contributed by atoms with E-state index in [1.54, 1.807) is 0 Å². The molecule has 4 saturated heterocycles. The average molecular weight is 925 g/mol. The van der Waals surface area contributed by atoms with Crippen LogP contribution in [0.15, 0.2) is 72.8 Å². The van der Waals surface area contributed by atoms with E-state index < -0.39 is 0 Å². The maximum absolute atomic E-state index is 13.7. The third-order valence-electron chi connectivity index (χ3n) is 14.4. The van der Waals surface area contributed by atoms with Gasteiger partial charge in [-0.15, -0.1) is 0 Å². The molecule has 4 aromatic carbocycles. The minimum atomic E-state index is -0.0941. The van der Waals surface area contributed by atoms with Gasteiger partial charge in [-0.25, -0.2) is 0 Å². The van der Waals surface area contributed by atoms with E-state index in [1.165, 1.54) is 0 Å². The summed E-state index contributed by atoms with van der Waals surface area (Å²) in [4.78, 5) is 62.5. The number of fused-ring (bicyclic) bond motifs is 8. The predicted octanol–water partition coefficient (Wildman–Crippen LogP) is 7.93. The third kappa shape index (κ3) is 11.6. The van der Waals surface area contributed by atoms with Crippen molar-refractivity contribution in [3.8, 4) is 23.0 Å². The van der Waals surface area contributed by atoms with E-state index in [0.717, 1.165) is 174 Å².